The van der Waals surface area contributed by atoms with Gasteiger partial charge in [-0.25, -0.2) is 0 Å². The highest BCUT2D eigenvalue weighted by Crippen LogP contribution is 2.25. The normalized spacial score (nSPS) is 14.9. The highest BCUT2D eigenvalue weighted by atomic mass is 32.2. The Kier molecular flexibility index (Phi) is 5.88. The molecule has 0 saturated carbocycles. The number of hydrogen-bond acceptors (Lipinski definition) is 4. The number of benzene rings is 2. The SMILES string of the molecule is Cc1ccc2nc(C)cc(C(=O)Nc3cccc(CN4CCSCC4)c3C)c2c1. The van der Waals surface area contributed by atoms with Gasteiger partial charge in [0, 0.05) is 47.9 Å². The van der Waals surface area contributed by atoms with E-state index in [1.165, 1.54) is 17.1 Å². The van der Waals surface area contributed by atoms with E-state index in [9.17, 15) is 4.79 Å². The van der Waals surface area contributed by atoms with Crippen LogP contribution in [0.15, 0.2) is 42.5 Å². The molecule has 29 heavy (non-hydrogen) atoms. The van der Waals surface area contributed by atoms with E-state index in [4.69, 9.17) is 0 Å². The van der Waals surface area contributed by atoms with E-state index in [0.717, 1.165) is 53.0 Å². The maximum Gasteiger partial charge on any atom is 0.256 e. The van der Waals surface area contributed by atoms with Crippen molar-refractivity contribution in [2.24, 2.45) is 0 Å². The Morgan fingerprint density at radius 1 is 1.10 bits per heavy atom. The predicted octanol–water partition coefficient (Wildman–Crippen LogP) is 4.96. The van der Waals surface area contributed by atoms with Crippen LogP contribution in [0.1, 0.15) is 32.7 Å². The Bertz CT molecular complexity index is 1060. The third-order valence-electron chi connectivity index (χ3n) is 5.53. The standard InChI is InChI=1S/C24H27N3OS/c1-16-7-8-23-20(13-16)21(14-17(2)25-23)24(28)26-22-6-4-5-19(18(22)3)15-27-9-11-29-12-10-27/h4-8,13-14H,9-12,15H2,1-3H3,(H,26,28). The van der Waals surface area contributed by atoms with E-state index in [1.807, 2.05) is 62.0 Å². The van der Waals surface area contributed by atoms with Crippen LogP contribution < -0.4 is 5.32 Å². The molecule has 3 aromatic rings. The molecule has 1 aliphatic rings. The first-order chi connectivity index (χ1) is 14.0. The summed E-state index contributed by atoms with van der Waals surface area (Å²) in [4.78, 5) is 20.3. The number of amides is 1. The molecule has 0 spiro atoms. The van der Waals surface area contributed by atoms with Gasteiger partial charge in [-0.3, -0.25) is 14.7 Å². The summed E-state index contributed by atoms with van der Waals surface area (Å²) in [5, 5.41) is 4.05. The van der Waals surface area contributed by atoms with Crippen molar-refractivity contribution in [3.8, 4) is 0 Å². The van der Waals surface area contributed by atoms with Gasteiger partial charge < -0.3 is 5.32 Å². The van der Waals surface area contributed by atoms with Crippen molar-refractivity contribution in [3.05, 3.63) is 70.4 Å². The third-order valence-corrected chi connectivity index (χ3v) is 6.47. The summed E-state index contributed by atoms with van der Waals surface area (Å²) in [7, 11) is 0. The summed E-state index contributed by atoms with van der Waals surface area (Å²) in [6.45, 7) is 9.26. The van der Waals surface area contributed by atoms with E-state index in [2.05, 4.69) is 28.2 Å². The van der Waals surface area contributed by atoms with E-state index in [1.54, 1.807) is 0 Å². The lowest BCUT2D eigenvalue weighted by atomic mass is 10.0. The number of aromatic nitrogens is 1. The molecule has 2 heterocycles. The van der Waals surface area contributed by atoms with Gasteiger partial charge in [0.15, 0.2) is 0 Å². The predicted molar refractivity (Wildman–Crippen MR) is 123 cm³/mol. The molecule has 0 radical (unpaired) electrons. The van der Waals surface area contributed by atoms with Gasteiger partial charge in [-0.05, 0) is 56.2 Å². The molecule has 150 valence electrons. The maximum atomic E-state index is 13.2. The van der Waals surface area contributed by atoms with Crippen LogP contribution in [-0.4, -0.2) is 40.4 Å². The number of carbonyl (C=O) groups is 1. The number of fused-ring (bicyclic) bond motifs is 1. The van der Waals surface area contributed by atoms with Crippen LogP contribution in [0.25, 0.3) is 10.9 Å². The molecule has 4 nitrogen and oxygen atoms in total. The van der Waals surface area contributed by atoms with Crippen molar-refractivity contribution in [1.82, 2.24) is 9.88 Å². The van der Waals surface area contributed by atoms with Gasteiger partial charge in [0.25, 0.3) is 5.91 Å². The van der Waals surface area contributed by atoms with Crippen molar-refractivity contribution >= 4 is 34.3 Å². The Hall–Kier alpha value is -2.37. The second kappa shape index (κ2) is 8.56. The maximum absolute atomic E-state index is 13.2. The highest BCUT2D eigenvalue weighted by Gasteiger charge is 2.16. The van der Waals surface area contributed by atoms with Gasteiger partial charge in [0.1, 0.15) is 0 Å². The molecule has 1 N–H and O–H groups in total. The fourth-order valence-electron chi connectivity index (χ4n) is 3.84. The number of anilines is 1. The lowest BCUT2D eigenvalue weighted by Gasteiger charge is -2.27. The largest absolute Gasteiger partial charge is 0.322 e. The molecule has 4 rings (SSSR count). The summed E-state index contributed by atoms with van der Waals surface area (Å²) < 4.78 is 0. The zero-order valence-electron chi connectivity index (χ0n) is 17.3. The number of aryl methyl sites for hydroxylation is 2. The smallest absolute Gasteiger partial charge is 0.256 e. The van der Waals surface area contributed by atoms with Crippen LogP contribution in [0.2, 0.25) is 0 Å². The van der Waals surface area contributed by atoms with Crippen molar-refractivity contribution in [2.45, 2.75) is 27.3 Å². The topological polar surface area (TPSA) is 45.2 Å². The third kappa shape index (κ3) is 4.46. The highest BCUT2D eigenvalue weighted by molar-refractivity contribution is 7.99. The van der Waals surface area contributed by atoms with Crippen molar-refractivity contribution in [2.75, 3.05) is 29.9 Å². The number of hydrogen-bond donors (Lipinski definition) is 1. The number of nitrogens with one attached hydrogen (secondary N) is 1. The summed E-state index contributed by atoms with van der Waals surface area (Å²) in [6.07, 6.45) is 0. The van der Waals surface area contributed by atoms with Crippen LogP contribution in [-0.2, 0) is 6.54 Å². The number of pyridine rings is 1. The Balaban J connectivity index is 1.61. The quantitative estimate of drug-likeness (QED) is 0.666. The van der Waals surface area contributed by atoms with Crippen LogP contribution in [0.3, 0.4) is 0 Å². The molecule has 5 heteroatoms. The first-order valence-electron chi connectivity index (χ1n) is 10.1. The average Bonchev–Trinajstić information content (AvgIpc) is 2.71. The lowest BCUT2D eigenvalue weighted by molar-refractivity contribution is 0.102. The molecule has 1 fully saturated rings. The van der Waals surface area contributed by atoms with E-state index < -0.39 is 0 Å². The van der Waals surface area contributed by atoms with Crippen LogP contribution in [0, 0.1) is 20.8 Å². The average molecular weight is 406 g/mol. The lowest BCUT2D eigenvalue weighted by Crippen LogP contribution is -2.32. The molecule has 0 bridgehead atoms. The molecule has 0 aliphatic carbocycles. The molecule has 0 unspecified atom stereocenters. The van der Waals surface area contributed by atoms with Crippen LogP contribution in [0.5, 0.6) is 0 Å². The zero-order chi connectivity index (χ0) is 20.4. The minimum Gasteiger partial charge on any atom is -0.322 e. The number of thioether (sulfide) groups is 1. The van der Waals surface area contributed by atoms with Crippen molar-refractivity contribution in [3.63, 3.8) is 0 Å². The van der Waals surface area contributed by atoms with E-state index in [0.29, 0.717) is 5.56 Å². The second-order valence-corrected chi connectivity index (χ2v) is 8.99. The minimum absolute atomic E-state index is 0.0827. The minimum atomic E-state index is -0.0827. The van der Waals surface area contributed by atoms with Gasteiger partial charge >= 0.3 is 0 Å². The molecule has 1 saturated heterocycles. The molecular formula is C24H27N3OS. The monoisotopic (exact) mass is 405 g/mol. The molecule has 1 aliphatic heterocycles. The molecule has 1 amide bonds. The number of carbonyl (C=O) groups excluding carboxylic acids is 1. The molecule has 0 atom stereocenters. The summed E-state index contributed by atoms with van der Waals surface area (Å²) in [5.74, 6) is 2.31. The zero-order valence-corrected chi connectivity index (χ0v) is 18.1. The van der Waals surface area contributed by atoms with Crippen LogP contribution >= 0.6 is 11.8 Å². The Morgan fingerprint density at radius 3 is 2.69 bits per heavy atom. The molecule has 1 aromatic heterocycles. The summed E-state index contributed by atoms with van der Waals surface area (Å²) >= 11 is 2.02. The van der Waals surface area contributed by atoms with Gasteiger partial charge in [0.2, 0.25) is 0 Å². The molecular weight excluding hydrogens is 378 g/mol. The van der Waals surface area contributed by atoms with Crippen LogP contribution in [0.4, 0.5) is 5.69 Å². The van der Waals surface area contributed by atoms with Gasteiger partial charge in [-0.1, -0.05) is 23.8 Å². The first kappa shape index (κ1) is 19.9. The Morgan fingerprint density at radius 2 is 1.90 bits per heavy atom. The fraction of sp³-hybridized carbons (Fsp3) is 0.333. The van der Waals surface area contributed by atoms with E-state index in [-0.39, 0.29) is 5.91 Å². The summed E-state index contributed by atoms with van der Waals surface area (Å²) in [5.41, 5.74) is 6.80. The van der Waals surface area contributed by atoms with Gasteiger partial charge in [-0.15, -0.1) is 0 Å². The number of rotatable bonds is 4. The van der Waals surface area contributed by atoms with Crippen molar-refractivity contribution in [1.29, 1.82) is 0 Å². The first-order valence-corrected chi connectivity index (χ1v) is 11.2. The van der Waals surface area contributed by atoms with Crippen molar-refractivity contribution < 1.29 is 4.79 Å². The molecule has 2 aromatic carbocycles. The van der Waals surface area contributed by atoms with Gasteiger partial charge in [-0.2, -0.15) is 11.8 Å². The van der Waals surface area contributed by atoms with E-state index >= 15 is 0 Å². The fourth-order valence-corrected chi connectivity index (χ4v) is 4.82. The summed E-state index contributed by atoms with van der Waals surface area (Å²) in [6, 6.07) is 14.1. The number of nitrogens with zero attached hydrogens (tertiary/aromatic N) is 2. The Labute approximate surface area is 176 Å². The van der Waals surface area contributed by atoms with Gasteiger partial charge in [0.05, 0.1) is 11.1 Å². The second-order valence-electron chi connectivity index (χ2n) is 7.76.